The molecule has 2 bridgehead atoms. The molecule has 25 heavy (non-hydrogen) atoms. The van der Waals surface area contributed by atoms with Gasteiger partial charge in [0, 0.05) is 10.8 Å². The first-order valence-electron chi connectivity index (χ1n) is 8.97. The Balaban J connectivity index is 1.66. The Labute approximate surface area is 148 Å². The summed E-state index contributed by atoms with van der Waals surface area (Å²) >= 11 is 0. The maximum absolute atomic E-state index is 12.3. The number of esters is 3. The van der Waals surface area contributed by atoms with E-state index in [1.165, 1.54) is 0 Å². The first-order valence-corrected chi connectivity index (χ1v) is 8.97. The highest BCUT2D eigenvalue weighted by Crippen LogP contribution is 2.74. The molecule has 0 aromatic heterocycles. The smallest absolute Gasteiger partial charge is 0.344 e. The third-order valence-corrected chi connectivity index (χ3v) is 7.08. The highest BCUT2D eigenvalue weighted by molar-refractivity contribution is 5.83. The minimum Gasteiger partial charge on any atom is -0.457 e. The molecule has 5 unspecified atom stereocenters. The summed E-state index contributed by atoms with van der Waals surface area (Å²) in [5.74, 6) is -1.20. The van der Waals surface area contributed by atoms with Crippen LogP contribution in [0.5, 0.6) is 0 Å². The van der Waals surface area contributed by atoms with Gasteiger partial charge in [-0.1, -0.05) is 20.8 Å². The molecule has 2 saturated carbocycles. The number of carbonyl (C=O) groups excluding carboxylic acids is 3. The van der Waals surface area contributed by atoms with Crippen molar-refractivity contribution in [1.82, 2.24) is 0 Å². The lowest BCUT2D eigenvalue weighted by Crippen LogP contribution is -2.48. The molecular weight excluding hydrogens is 324 g/mol. The fourth-order valence-corrected chi connectivity index (χ4v) is 5.01. The normalized spacial score (nSPS) is 41.6. The summed E-state index contributed by atoms with van der Waals surface area (Å²) in [6.07, 6.45) is 1.15. The minimum atomic E-state index is -0.630. The minimum absolute atomic E-state index is 0.196. The van der Waals surface area contributed by atoms with E-state index in [2.05, 4.69) is 0 Å². The fraction of sp³-hybridized carbons (Fsp3) is 0.842. The van der Waals surface area contributed by atoms with Crippen LogP contribution in [0.2, 0.25) is 0 Å². The van der Waals surface area contributed by atoms with Crippen LogP contribution in [0, 0.1) is 21.7 Å². The van der Waals surface area contributed by atoms with Gasteiger partial charge >= 0.3 is 17.9 Å². The number of carbonyl (C=O) groups is 3. The van der Waals surface area contributed by atoms with Gasteiger partial charge in [0.25, 0.3) is 0 Å². The second-order valence-corrected chi connectivity index (χ2v) is 9.31. The summed E-state index contributed by atoms with van der Waals surface area (Å²) in [5.41, 5.74) is -1.74. The van der Waals surface area contributed by atoms with Gasteiger partial charge in [0.1, 0.15) is 12.2 Å². The van der Waals surface area contributed by atoms with E-state index in [4.69, 9.17) is 14.2 Å². The van der Waals surface area contributed by atoms with E-state index in [9.17, 15) is 14.4 Å². The van der Waals surface area contributed by atoms with E-state index in [1.807, 2.05) is 27.7 Å². The Morgan fingerprint density at radius 2 is 1.88 bits per heavy atom. The first-order chi connectivity index (χ1) is 11.4. The third kappa shape index (κ3) is 2.32. The van der Waals surface area contributed by atoms with Crippen molar-refractivity contribution >= 4 is 17.9 Å². The number of rotatable bonds is 5. The molecule has 0 spiro atoms. The van der Waals surface area contributed by atoms with Gasteiger partial charge in [-0.25, -0.2) is 4.79 Å². The Kier molecular flexibility index (Phi) is 3.79. The molecule has 1 aliphatic heterocycles. The maximum Gasteiger partial charge on any atom is 0.344 e. The molecule has 3 rings (SSSR count). The second-order valence-electron chi connectivity index (χ2n) is 9.31. The zero-order valence-electron chi connectivity index (χ0n) is 15.9. The predicted octanol–water partition coefficient (Wildman–Crippen LogP) is 2.63. The van der Waals surface area contributed by atoms with E-state index < -0.39 is 41.6 Å². The van der Waals surface area contributed by atoms with Crippen LogP contribution in [0.3, 0.4) is 0 Å². The van der Waals surface area contributed by atoms with E-state index in [1.54, 1.807) is 13.8 Å². The van der Waals surface area contributed by atoms with Crippen molar-refractivity contribution in [2.24, 2.45) is 21.7 Å². The standard InChI is InChI=1S/C19H28O6/c1-7-16(2,3)14(21)23-8-11(20)24-12-13-18(5)9-17(12,4)10-19(18,6)15(22)25-13/h12-13H,7-10H2,1-6H3. The van der Waals surface area contributed by atoms with Gasteiger partial charge in [0.15, 0.2) is 6.61 Å². The molecule has 3 fully saturated rings. The van der Waals surface area contributed by atoms with Crippen molar-refractivity contribution in [2.45, 2.75) is 73.0 Å². The molecule has 0 aromatic carbocycles. The largest absolute Gasteiger partial charge is 0.457 e. The van der Waals surface area contributed by atoms with Crippen LogP contribution >= 0.6 is 0 Å². The third-order valence-electron chi connectivity index (χ3n) is 7.08. The van der Waals surface area contributed by atoms with Crippen LogP contribution in [-0.4, -0.2) is 36.7 Å². The molecule has 0 aromatic rings. The average Bonchev–Trinajstić information content (AvgIpc) is 2.91. The molecule has 0 amide bonds. The number of hydrogen-bond acceptors (Lipinski definition) is 6. The zero-order valence-corrected chi connectivity index (χ0v) is 15.9. The molecule has 3 aliphatic rings. The quantitative estimate of drug-likeness (QED) is 0.559. The monoisotopic (exact) mass is 352 g/mol. The van der Waals surface area contributed by atoms with Crippen molar-refractivity contribution in [3.05, 3.63) is 0 Å². The molecule has 5 atom stereocenters. The Hall–Kier alpha value is -1.59. The number of ether oxygens (including phenoxy) is 3. The Morgan fingerprint density at radius 3 is 2.48 bits per heavy atom. The van der Waals surface area contributed by atoms with Crippen molar-refractivity contribution in [3.8, 4) is 0 Å². The van der Waals surface area contributed by atoms with Crippen molar-refractivity contribution < 1.29 is 28.6 Å². The van der Waals surface area contributed by atoms with Crippen molar-refractivity contribution in [1.29, 1.82) is 0 Å². The lowest BCUT2D eigenvalue weighted by Gasteiger charge is -2.39. The highest BCUT2D eigenvalue weighted by atomic mass is 16.6. The van der Waals surface area contributed by atoms with Gasteiger partial charge in [-0.3, -0.25) is 9.59 Å². The summed E-state index contributed by atoms with van der Waals surface area (Å²) in [5, 5.41) is 0. The van der Waals surface area contributed by atoms with Crippen LogP contribution in [0.4, 0.5) is 0 Å². The topological polar surface area (TPSA) is 78.9 Å². The molecule has 6 nitrogen and oxygen atoms in total. The lowest BCUT2D eigenvalue weighted by atomic mass is 9.64. The van der Waals surface area contributed by atoms with Gasteiger partial charge < -0.3 is 14.2 Å². The van der Waals surface area contributed by atoms with Gasteiger partial charge in [-0.2, -0.15) is 0 Å². The van der Waals surface area contributed by atoms with Gasteiger partial charge in [-0.15, -0.1) is 0 Å². The SMILES string of the molecule is CCC(C)(C)C(=O)OCC(=O)OC1C2OC(=O)C3(C)CC1(C)CC23C. The summed E-state index contributed by atoms with van der Waals surface area (Å²) in [6, 6.07) is 0. The second kappa shape index (κ2) is 5.21. The average molecular weight is 352 g/mol. The lowest BCUT2D eigenvalue weighted by molar-refractivity contribution is -0.177. The van der Waals surface area contributed by atoms with Crippen LogP contribution in [-0.2, 0) is 28.6 Å². The summed E-state index contributed by atoms with van der Waals surface area (Å²) in [6.45, 7) is 11.1. The first kappa shape index (κ1) is 18.2. The predicted molar refractivity (Wildman–Crippen MR) is 88.3 cm³/mol. The summed E-state index contributed by atoms with van der Waals surface area (Å²) < 4.78 is 16.3. The highest BCUT2D eigenvalue weighted by Gasteiger charge is 2.80. The van der Waals surface area contributed by atoms with Crippen molar-refractivity contribution in [2.75, 3.05) is 6.61 Å². The molecule has 0 radical (unpaired) electrons. The van der Waals surface area contributed by atoms with Crippen LogP contribution in [0.1, 0.15) is 60.8 Å². The van der Waals surface area contributed by atoms with Gasteiger partial charge in [0.05, 0.1) is 10.8 Å². The van der Waals surface area contributed by atoms with E-state index in [0.29, 0.717) is 12.8 Å². The molecule has 140 valence electrons. The van der Waals surface area contributed by atoms with Crippen LogP contribution in [0.15, 0.2) is 0 Å². The van der Waals surface area contributed by atoms with E-state index in [0.717, 1.165) is 6.42 Å². The van der Waals surface area contributed by atoms with Crippen molar-refractivity contribution in [3.63, 3.8) is 0 Å². The van der Waals surface area contributed by atoms with Crippen LogP contribution in [0.25, 0.3) is 0 Å². The molecule has 1 heterocycles. The maximum atomic E-state index is 12.3. The Bertz CT molecular complexity index is 640. The van der Waals surface area contributed by atoms with E-state index >= 15 is 0 Å². The molecule has 6 heteroatoms. The van der Waals surface area contributed by atoms with Crippen LogP contribution < -0.4 is 0 Å². The van der Waals surface area contributed by atoms with Gasteiger partial charge in [-0.05, 0) is 40.0 Å². The molecule has 0 N–H and O–H groups in total. The zero-order chi connectivity index (χ0) is 18.8. The Morgan fingerprint density at radius 1 is 1.24 bits per heavy atom. The fourth-order valence-electron chi connectivity index (χ4n) is 5.01. The molecule has 2 aliphatic carbocycles. The molecule has 1 saturated heterocycles. The molecular formula is C19H28O6. The summed E-state index contributed by atoms with van der Waals surface area (Å²) in [4.78, 5) is 36.6. The number of hydrogen-bond donors (Lipinski definition) is 0. The summed E-state index contributed by atoms with van der Waals surface area (Å²) in [7, 11) is 0. The van der Waals surface area contributed by atoms with Gasteiger partial charge in [0.2, 0.25) is 0 Å². The number of fused-ring (bicyclic) bond motifs is 1. The van der Waals surface area contributed by atoms with E-state index in [-0.39, 0.29) is 16.8 Å².